The number of hydrogen-bond acceptors (Lipinski definition) is 13. The van der Waals surface area contributed by atoms with Gasteiger partial charge in [-0.3, -0.25) is 14.5 Å². The van der Waals surface area contributed by atoms with Crippen molar-refractivity contribution in [1.29, 1.82) is 0 Å². The molecule has 18 nitrogen and oxygen atoms in total. The number of nitrogens with zero attached hydrogens (tertiary/aromatic N) is 3. The van der Waals surface area contributed by atoms with Crippen molar-refractivity contribution in [1.82, 2.24) is 30.8 Å². The summed E-state index contributed by atoms with van der Waals surface area (Å²) in [5.41, 5.74) is -1.28. The van der Waals surface area contributed by atoms with Crippen LogP contribution < -0.4 is 25.4 Å². The quantitative estimate of drug-likeness (QED) is 0.174. The van der Waals surface area contributed by atoms with Crippen LogP contribution in [0.2, 0.25) is 0 Å². The molecule has 6 rings (SSSR count). The van der Waals surface area contributed by atoms with E-state index in [4.69, 9.17) is 14.2 Å². The van der Waals surface area contributed by atoms with Gasteiger partial charge in [0.25, 0.3) is 11.8 Å². The van der Waals surface area contributed by atoms with Crippen LogP contribution in [-0.2, 0) is 35.5 Å². The Morgan fingerprint density at radius 1 is 0.697 bits per heavy atom. The first-order valence-corrected chi connectivity index (χ1v) is 26.0. The zero-order chi connectivity index (χ0) is 48.7. The predicted octanol–water partition coefficient (Wildman–Crippen LogP) is 6.66. The highest BCUT2D eigenvalue weighted by Gasteiger charge is 2.49. The average Bonchev–Trinajstić information content (AvgIpc) is 3.75. The number of ether oxygens (including phenoxy) is 3. The fourth-order valence-electron chi connectivity index (χ4n) is 9.01. The van der Waals surface area contributed by atoms with Crippen LogP contribution in [0.5, 0.6) is 11.8 Å². The van der Waals surface area contributed by atoms with Gasteiger partial charge in [-0.2, -0.15) is 0 Å². The number of amides is 4. The van der Waals surface area contributed by atoms with Crippen molar-refractivity contribution in [3.8, 4) is 11.8 Å². The van der Waals surface area contributed by atoms with Gasteiger partial charge in [-0.1, -0.05) is 38.5 Å². The van der Waals surface area contributed by atoms with E-state index in [0.717, 1.165) is 49.3 Å². The summed E-state index contributed by atoms with van der Waals surface area (Å²) in [6.45, 7) is 15.2. The normalized spacial score (nSPS) is 21.3. The van der Waals surface area contributed by atoms with Gasteiger partial charge in [0, 0.05) is 16.4 Å². The Labute approximate surface area is 388 Å². The van der Waals surface area contributed by atoms with Crippen molar-refractivity contribution in [2.24, 2.45) is 0 Å². The molecule has 0 unspecified atom stereocenters. The predicted molar refractivity (Wildman–Crippen MR) is 248 cm³/mol. The summed E-state index contributed by atoms with van der Waals surface area (Å²) in [4.78, 5) is 61.6. The molecule has 0 bridgehead atoms. The summed E-state index contributed by atoms with van der Waals surface area (Å²) < 4.78 is 63.4. The second kappa shape index (κ2) is 20.7. The van der Waals surface area contributed by atoms with E-state index in [0.29, 0.717) is 43.7 Å². The van der Waals surface area contributed by atoms with Gasteiger partial charge < -0.3 is 35.3 Å². The average molecular weight is 959 g/mol. The second-order valence-corrected chi connectivity index (χ2v) is 23.0. The highest BCUT2D eigenvalue weighted by molar-refractivity contribution is 7.94. The van der Waals surface area contributed by atoms with Crippen molar-refractivity contribution in [2.45, 2.75) is 154 Å². The molecule has 0 saturated heterocycles. The number of pyridine rings is 2. The van der Waals surface area contributed by atoms with E-state index in [1.807, 2.05) is 41.5 Å². The van der Waals surface area contributed by atoms with Crippen LogP contribution >= 0.6 is 0 Å². The Balaban J connectivity index is 0.000000247. The largest absolute Gasteiger partial charge is 0.477 e. The van der Waals surface area contributed by atoms with Gasteiger partial charge in [-0.15, -0.1) is 0 Å². The number of nitrogens with one attached hydrogen (secondary N) is 3. The molecule has 20 heteroatoms. The van der Waals surface area contributed by atoms with Crippen molar-refractivity contribution >= 4 is 43.7 Å². The van der Waals surface area contributed by atoms with Gasteiger partial charge in [0.1, 0.15) is 16.7 Å². The van der Waals surface area contributed by atoms with Crippen molar-refractivity contribution in [2.75, 3.05) is 24.7 Å². The van der Waals surface area contributed by atoms with Crippen LogP contribution in [0, 0.1) is 0 Å². The maximum absolute atomic E-state index is 12.9. The molecule has 4 amide bonds. The molecule has 2 atom stereocenters. The molecule has 2 aliphatic heterocycles. The molecule has 2 fully saturated rings. The minimum absolute atomic E-state index is 0.113. The Morgan fingerprint density at radius 2 is 1.14 bits per heavy atom. The minimum atomic E-state index is -3.31. The molecule has 0 aromatic carbocycles. The SMILES string of the molecule is CCOc1nc(C2(N(C(=O)O)C(C)(C)C)CCCCC2)ccc1C(=O)N[C@@H]1C=CS(=O)(=O)C1.CCOc1nc(C2(NC(=O)OC(C)(C)C)CCCCC2)ccc1C(=O)N[C@@H]1C=CS(=O)(=O)C1. The monoisotopic (exact) mass is 958 g/mol. The lowest BCUT2D eigenvalue weighted by atomic mass is 9.75. The Bertz CT molecular complexity index is 2390. The lowest BCUT2D eigenvalue weighted by Crippen LogP contribution is -2.58. The van der Waals surface area contributed by atoms with Crippen LogP contribution in [0.3, 0.4) is 0 Å². The molecular formula is C46H66N6O12S2. The molecular weight excluding hydrogens is 893 g/mol. The molecule has 2 aromatic rings. The highest BCUT2D eigenvalue weighted by Crippen LogP contribution is 2.46. The molecule has 2 saturated carbocycles. The van der Waals surface area contributed by atoms with Crippen LogP contribution in [0.25, 0.3) is 0 Å². The van der Waals surface area contributed by atoms with Gasteiger partial charge in [-0.05, 0) is 117 Å². The lowest BCUT2D eigenvalue weighted by Gasteiger charge is -2.50. The van der Waals surface area contributed by atoms with E-state index in [9.17, 15) is 41.1 Å². The molecule has 0 radical (unpaired) electrons. The third kappa shape index (κ3) is 13.0. The maximum atomic E-state index is 12.9. The van der Waals surface area contributed by atoms with Crippen LogP contribution in [0.1, 0.15) is 152 Å². The number of aromatic nitrogens is 2. The summed E-state index contributed by atoms with van der Waals surface area (Å²) >= 11 is 0. The smallest absolute Gasteiger partial charge is 0.408 e. The molecule has 2 aromatic heterocycles. The zero-order valence-electron chi connectivity index (χ0n) is 39.3. The van der Waals surface area contributed by atoms with E-state index in [1.165, 1.54) is 17.1 Å². The molecule has 2 aliphatic carbocycles. The minimum Gasteiger partial charge on any atom is -0.477 e. The number of carbonyl (C=O) groups excluding carboxylic acids is 3. The third-order valence-electron chi connectivity index (χ3n) is 11.7. The lowest BCUT2D eigenvalue weighted by molar-refractivity contribution is -0.0114. The van der Waals surface area contributed by atoms with Crippen molar-refractivity contribution < 1.29 is 55.3 Å². The standard InChI is InChI=1S/2C23H33N3O6S/c1-5-31-20-17(19(27)24-16-11-14-33(29,30)15-16)9-10-18(25-20)23(12-7-6-8-13-23)26-21(28)32-22(2,3)4;1-5-32-20-17(19(27)24-16-11-14-33(30,31)15-16)9-10-18(25-20)23(12-7-6-8-13-23)26(21(28)29)22(2,3)4/h9-11,14,16H,5-8,12-13,15H2,1-4H3,(H,24,27)(H,26,28);9-11,14,16H,5-8,12-13,15H2,1-4H3,(H,24,27)(H,28,29)/t2*16-/m11/s1. The van der Waals surface area contributed by atoms with Gasteiger partial charge in [0.05, 0.1) is 59.3 Å². The number of alkyl carbamates (subject to hydrolysis) is 1. The Kier molecular flexibility index (Phi) is 16.3. The molecule has 0 spiro atoms. The topological polar surface area (TPSA) is 250 Å². The summed E-state index contributed by atoms with van der Waals surface area (Å²) in [5.74, 6) is -1.06. The van der Waals surface area contributed by atoms with Crippen molar-refractivity contribution in [3.63, 3.8) is 0 Å². The third-order valence-corrected chi connectivity index (χ3v) is 14.4. The van der Waals surface area contributed by atoms with Gasteiger partial charge in [0.2, 0.25) is 11.8 Å². The van der Waals surface area contributed by atoms with Crippen molar-refractivity contribution in [3.05, 3.63) is 69.7 Å². The van der Waals surface area contributed by atoms with Crippen LogP contribution in [0.15, 0.2) is 47.2 Å². The number of rotatable bonds is 12. The molecule has 66 heavy (non-hydrogen) atoms. The molecule has 4 heterocycles. The Hall–Kier alpha value is -5.24. The van der Waals surface area contributed by atoms with Gasteiger partial charge >= 0.3 is 12.2 Å². The van der Waals surface area contributed by atoms with E-state index in [1.54, 1.807) is 38.1 Å². The van der Waals surface area contributed by atoms with E-state index in [2.05, 4.69) is 25.9 Å². The first kappa shape index (κ1) is 51.7. The van der Waals surface area contributed by atoms with E-state index in [-0.39, 0.29) is 41.0 Å². The molecule has 4 N–H and O–H groups in total. The Morgan fingerprint density at radius 3 is 1.53 bits per heavy atom. The van der Waals surface area contributed by atoms with Crippen LogP contribution in [0.4, 0.5) is 9.59 Å². The summed E-state index contributed by atoms with van der Waals surface area (Å²) in [5, 5.41) is 20.8. The highest BCUT2D eigenvalue weighted by atomic mass is 32.2. The first-order chi connectivity index (χ1) is 30.8. The van der Waals surface area contributed by atoms with Gasteiger partial charge in [0.15, 0.2) is 19.7 Å². The first-order valence-electron chi connectivity index (χ1n) is 22.6. The second-order valence-electron chi connectivity index (χ2n) is 19.1. The summed E-state index contributed by atoms with van der Waals surface area (Å²) in [6.07, 6.45) is 9.70. The number of carboxylic acid groups (broad SMARTS) is 1. The van der Waals surface area contributed by atoms with E-state index < -0.39 is 78.0 Å². The number of sulfone groups is 2. The molecule has 4 aliphatic rings. The fraction of sp³-hybridized carbons (Fsp3) is 0.609. The fourth-order valence-corrected chi connectivity index (χ4v) is 11.5. The molecule has 364 valence electrons. The zero-order valence-corrected chi connectivity index (χ0v) is 40.9. The number of hydrogen-bond donors (Lipinski definition) is 4. The maximum Gasteiger partial charge on any atom is 0.408 e. The summed E-state index contributed by atoms with van der Waals surface area (Å²) in [7, 11) is -6.60. The number of carbonyl (C=O) groups is 4. The van der Waals surface area contributed by atoms with Crippen LogP contribution in [-0.4, -0.2) is 109 Å². The van der Waals surface area contributed by atoms with E-state index >= 15 is 0 Å². The van der Waals surface area contributed by atoms with Gasteiger partial charge in [-0.25, -0.2) is 36.4 Å². The summed E-state index contributed by atoms with van der Waals surface area (Å²) in [6, 6.07) is 5.41.